The molecule has 1 N–H and O–H groups in total. The molecule has 0 spiro atoms. The van der Waals surface area contributed by atoms with Crippen molar-refractivity contribution in [1.29, 1.82) is 0 Å². The monoisotopic (exact) mass is 140 g/mol. The van der Waals surface area contributed by atoms with Gasteiger partial charge in [0.25, 0.3) is 0 Å². The Bertz CT molecular complexity index is 156. The fourth-order valence-corrected chi connectivity index (χ4v) is 1.38. The fourth-order valence-electron chi connectivity index (χ4n) is 1.38. The van der Waals surface area contributed by atoms with Gasteiger partial charge < -0.3 is 5.11 Å². The summed E-state index contributed by atoms with van der Waals surface area (Å²) < 4.78 is 0. The third-order valence-electron chi connectivity index (χ3n) is 2.64. The van der Waals surface area contributed by atoms with E-state index in [1.807, 2.05) is 6.08 Å². The molecule has 0 radical (unpaired) electrons. The van der Waals surface area contributed by atoms with Gasteiger partial charge in [-0.3, -0.25) is 0 Å². The van der Waals surface area contributed by atoms with Crippen molar-refractivity contribution in [2.45, 2.75) is 33.6 Å². The minimum Gasteiger partial charge on any atom is -0.513 e. The van der Waals surface area contributed by atoms with Crippen molar-refractivity contribution >= 4 is 0 Å². The fraction of sp³-hybridized carbons (Fsp3) is 0.778. The minimum absolute atomic E-state index is 0.197. The molecule has 10 heavy (non-hydrogen) atoms. The Morgan fingerprint density at radius 3 is 2.60 bits per heavy atom. The van der Waals surface area contributed by atoms with Crippen LogP contribution in [0.25, 0.3) is 0 Å². The Balaban J connectivity index is 2.79. The molecule has 1 aliphatic carbocycles. The first-order valence-corrected chi connectivity index (χ1v) is 3.93. The highest BCUT2D eigenvalue weighted by atomic mass is 16.3. The quantitative estimate of drug-likeness (QED) is 0.548. The number of allylic oxidation sites excluding steroid dienone is 2. The summed E-state index contributed by atoms with van der Waals surface area (Å²) in [4.78, 5) is 0. The molecule has 0 aromatic heterocycles. The summed E-state index contributed by atoms with van der Waals surface area (Å²) in [6.07, 6.45) is 3.97. The molecule has 0 aromatic rings. The maximum atomic E-state index is 9.22. The van der Waals surface area contributed by atoms with Gasteiger partial charge in [-0.05, 0) is 23.8 Å². The van der Waals surface area contributed by atoms with Crippen LogP contribution in [0.3, 0.4) is 0 Å². The van der Waals surface area contributed by atoms with E-state index in [-0.39, 0.29) is 5.41 Å². The summed E-state index contributed by atoms with van der Waals surface area (Å²) in [5, 5.41) is 9.22. The van der Waals surface area contributed by atoms with Crippen molar-refractivity contribution in [3.05, 3.63) is 11.8 Å². The first kappa shape index (κ1) is 7.64. The van der Waals surface area contributed by atoms with Crippen molar-refractivity contribution in [2.24, 2.45) is 11.3 Å². The maximum Gasteiger partial charge on any atom is 0.0888 e. The summed E-state index contributed by atoms with van der Waals surface area (Å²) in [5.41, 5.74) is 0.197. The largest absolute Gasteiger partial charge is 0.513 e. The van der Waals surface area contributed by atoms with Gasteiger partial charge in [0.1, 0.15) is 0 Å². The van der Waals surface area contributed by atoms with Crippen LogP contribution in [-0.2, 0) is 0 Å². The highest BCUT2D eigenvalue weighted by Crippen LogP contribution is 2.37. The molecule has 58 valence electrons. The standard InChI is InChI=1S/C9H16O/c1-7-4-5-8(10)6-9(7,2)3/h6-7,10H,4-5H2,1-3H3. The number of rotatable bonds is 0. The van der Waals surface area contributed by atoms with Crippen LogP contribution >= 0.6 is 0 Å². The smallest absolute Gasteiger partial charge is 0.0888 e. The molecule has 1 unspecified atom stereocenters. The number of aliphatic hydroxyl groups is 1. The summed E-state index contributed by atoms with van der Waals surface area (Å²) in [6, 6.07) is 0. The Hall–Kier alpha value is -0.460. The van der Waals surface area contributed by atoms with E-state index in [4.69, 9.17) is 0 Å². The highest BCUT2D eigenvalue weighted by Gasteiger charge is 2.27. The lowest BCUT2D eigenvalue weighted by Gasteiger charge is -2.32. The zero-order valence-electron chi connectivity index (χ0n) is 7.02. The first-order valence-electron chi connectivity index (χ1n) is 3.93. The molecule has 0 heterocycles. The van der Waals surface area contributed by atoms with Crippen LogP contribution in [0.5, 0.6) is 0 Å². The Kier molecular flexibility index (Phi) is 1.76. The van der Waals surface area contributed by atoms with Crippen molar-refractivity contribution in [1.82, 2.24) is 0 Å². The van der Waals surface area contributed by atoms with E-state index in [1.54, 1.807) is 0 Å². The zero-order valence-corrected chi connectivity index (χ0v) is 7.02. The van der Waals surface area contributed by atoms with E-state index < -0.39 is 0 Å². The van der Waals surface area contributed by atoms with Crippen LogP contribution in [0.15, 0.2) is 11.8 Å². The second-order valence-electron chi connectivity index (χ2n) is 3.90. The Labute approximate surface area is 62.8 Å². The van der Waals surface area contributed by atoms with Crippen molar-refractivity contribution < 1.29 is 5.11 Å². The van der Waals surface area contributed by atoms with Gasteiger partial charge in [-0.15, -0.1) is 0 Å². The lowest BCUT2D eigenvalue weighted by molar-refractivity contribution is 0.231. The average molecular weight is 140 g/mol. The molecule has 1 heteroatoms. The average Bonchev–Trinajstić information content (AvgIpc) is 1.78. The highest BCUT2D eigenvalue weighted by molar-refractivity contribution is 5.06. The molecule has 0 saturated heterocycles. The lowest BCUT2D eigenvalue weighted by atomic mass is 9.74. The molecule has 0 fully saturated rings. The van der Waals surface area contributed by atoms with Crippen LogP contribution in [0.2, 0.25) is 0 Å². The molecule has 0 bridgehead atoms. The van der Waals surface area contributed by atoms with Crippen molar-refractivity contribution in [3.63, 3.8) is 0 Å². The third-order valence-corrected chi connectivity index (χ3v) is 2.64. The molecule has 1 aliphatic rings. The van der Waals surface area contributed by atoms with Gasteiger partial charge >= 0.3 is 0 Å². The second-order valence-corrected chi connectivity index (χ2v) is 3.90. The summed E-state index contributed by atoms with van der Waals surface area (Å²) >= 11 is 0. The summed E-state index contributed by atoms with van der Waals surface area (Å²) in [7, 11) is 0. The van der Waals surface area contributed by atoms with Gasteiger partial charge in [-0.1, -0.05) is 20.8 Å². The van der Waals surface area contributed by atoms with Gasteiger partial charge in [-0.2, -0.15) is 0 Å². The van der Waals surface area contributed by atoms with Gasteiger partial charge in [0, 0.05) is 6.42 Å². The number of aliphatic hydroxyl groups excluding tert-OH is 1. The summed E-state index contributed by atoms with van der Waals surface area (Å²) in [5.74, 6) is 1.27. The van der Waals surface area contributed by atoms with Crippen LogP contribution in [0.4, 0.5) is 0 Å². The van der Waals surface area contributed by atoms with E-state index in [2.05, 4.69) is 20.8 Å². The third kappa shape index (κ3) is 1.34. The molecular formula is C9H16O. The maximum absolute atomic E-state index is 9.22. The van der Waals surface area contributed by atoms with E-state index in [9.17, 15) is 5.11 Å². The van der Waals surface area contributed by atoms with Gasteiger partial charge in [-0.25, -0.2) is 0 Å². The van der Waals surface area contributed by atoms with Gasteiger partial charge in [0.2, 0.25) is 0 Å². The van der Waals surface area contributed by atoms with Crippen LogP contribution in [0, 0.1) is 11.3 Å². The molecule has 1 rings (SSSR count). The van der Waals surface area contributed by atoms with Crippen molar-refractivity contribution in [3.8, 4) is 0 Å². The molecule has 0 saturated carbocycles. The van der Waals surface area contributed by atoms with E-state index in [0.29, 0.717) is 11.7 Å². The minimum atomic E-state index is 0.197. The molecule has 0 amide bonds. The van der Waals surface area contributed by atoms with Crippen LogP contribution < -0.4 is 0 Å². The predicted molar refractivity (Wildman–Crippen MR) is 42.9 cm³/mol. The van der Waals surface area contributed by atoms with E-state index in [1.165, 1.54) is 0 Å². The Morgan fingerprint density at radius 2 is 2.20 bits per heavy atom. The molecular weight excluding hydrogens is 124 g/mol. The molecule has 1 nitrogen and oxygen atoms in total. The predicted octanol–water partition coefficient (Wildman–Crippen LogP) is 2.88. The number of hydrogen-bond acceptors (Lipinski definition) is 1. The van der Waals surface area contributed by atoms with E-state index >= 15 is 0 Å². The molecule has 1 atom stereocenters. The van der Waals surface area contributed by atoms with Crippen LogP contribution in [-0.4, -0.2) is 5.11 Å². The summed E-state index contributed by atoms with van der Waals surface area (Å²) in [6.45, 7) is 6.59. The van der Waals surface area contributed by atoms with E-state index in [0.717, 1.165) is 12.8 Å². The first-order chi connectivity index (χ1) is 4.52. The number of hydrogen-bond donors (Lipinski definition) is 1. The normalized spacial score (nSPS) is 31.5. The molecule has 0 aromatic carbocycles. The Morgan fingerprint density at radius 1 is 1.60 bits per heavy atom. The lowest BCUT2D eigenvalue weighted by Crippen LogP contribution is -2.23. The van der Waals surface area contributed by atoms with Crippen molar-refractivity contribution in [2.75, 3.05) is 0 Å². The van der Waals surface area contributed by atoms with Crippen LogP contribution in [0.1, 0.15) is 33.6 Å². The zero-order chi connectivity index (χ0) is 7.78. The van der Waals surface area contributed by atoms with Gasteiger partial charge in [0.15, 0.2) is 0 Å². The second kappa shape index (κ2) is 2.30. The van der Waals surface area contributed by atoms with Gasteiger partial charge in [0.05, 0.1) is 5.76 Å². The topological polar surface area (TPSA) is 20.2 Å². The SMILES string of the molecule is CC1CCC(O)=CC1(C)C. The molecule has 0 aliphatic heterocycles.